The Kier molecular flexibility index (Phi) is 5.21. The summed E-state index contributed by atoms with van der Waals surface area (Å²) >= 11 is 1.33. The summed E-state index contributed by atoms with van der Waals surface area (Å²) in [5, 5.41) is 3.19. The number of thiazole rings is 1. The average Bonchev–Trinajstić information content (AvgIpc) is 3.02. The maximum absolute atomic E-state index is 12.4. The van der Waals surface area contributed by atoms with Gasteiger partial charge < -0.3 is 4.74 Å². The predicted molar refractivity (Wildman–Crippen MR) is 101 cm³/mol. The zero-order valence-corrected chi connectivity index (χ0v) is 15.8. The molecule has 0 radical (unpaired) electrons. The highest BCUT2D eigenvalue weighted by Gasteiger charge is 2.15. The van der Waals surface area contributed by atoms with E-state index in [-0.39, 0.29) is 10.8 Å². The second-order valence-electron chi connectivity index (χ2n) is 5.33. The molecule has 0 bridgehead atoms. The smallest absolute Gasteiger partial charge is 0.257 e. The number of benzene rings is 2. The molecule has 0 aliphatic rings. The van der Waals surface area contributed by atoms with Crippen LogP contribution in [0.2, 0.25) is 0 Å². The quantitative estimate of drug-likeness (QED) is 0.673. The van der Waals surface area contributed by atoms with E-state index >= 15 is 0 Å². The molecular formula is C17H17N3O4S2. The topological polar surface area (TPSA) is 97.4 Å². The number of carbonyl (C=O) groups is 1. The molecule has 1 amide bonds. The van der Waals surface area contributed by atoms with Gasteiger partial charge in [-0.15, -0.1) is 0 Å². The zero-order valence-electron chi connectivity index (χ0n) is 14.1. The molecule has 0 aliphatic carbocycles. The zero-order chi connectivity index (χ0) is 18.7. The molecule has 0 unspecified atom stereocenters. The lowest BCUT2D eigenvalue weighted by Crippen LogP contribution is -2.23. The van der Waals surface area contributed by atoms with Crippen LogP contribution in [0, 0.1) is 0 Å². The summed E-state index contributed by atoms with van der Waals surface area (Å²) in [6.45, 7) is 2.00. The SMILES string of the molecule is CCNS(=O)(=O)c1ccc(C(=O)Nc2nc3ccc(OC)cc3s2)cc1. The largest absolute Gasteiger partial charge is 0.497 e. The van der Waals surface area contributed by atoms with Crippen molar-refractivity contribution in [2.75, 3.05) is 19.0 Å². The lowest BCUT2D eigenvalue weighted by molar-refractivity contribution is 0.102. The van der Waals surface area contributed by atoms with Crippen molar-refractivity contribution >= 4 is 42.6 Å². The van der Waals surface area contributed by atoms with E-state index in [9.17, 15) is 13.2 Å². The fraction of sp³-hybridized carbons (Fsp3) is 0.176. The molecule has 0 spiro atoms. The van der Waals surface area contributed by atoms with Crippen LogP contribution in [0.5, 0.6) is 5.75 Å². The van der Waals surface area contributed by atoms with Gasteiger partial charge in [-0.05, 0) is 42.5 Å². The lowest BCUT2D eigenvalue weighted by Gasteiger charge is -2.06. The lowest BCUT2D eigenvalue weighted by atomic mass is 10.2. The summed E-state index contributed by atoms with van der Waals surface area (Å²) in [5.74, 6) is 0.361. The first-order valence-electron chi connectivity index (χ1n) is 7.78. The van der Waals surface area contributed by atoms with Crippen molar-refractivity contribution < 1.29 is 17.9 Å². The monoisotopic (exact) mass is 391 g/mol. The average molecular weight is 391 g/mol. The Bertz CT molecular complexity index is 1040. The van der Waals surface area contributed by atoms with Crippen molar-refractivity contribution in [3.05, 3.63) is 48.0 Å². The van der Waals surface area contributed by atoms with E-state index in [0.717, 1.165) is 16.0 Å². The molecule has 3 aromatic rings. The highest BCUT2D eigenvalue weighted by molar-refractivity contribution is 7.89. The maximum atomic E-state index is 12.4. The summed E-state index contributed by atoms with van der Waals surface area (Å²) in [7, 11) is -1.95. The molecule has 7 nitrogen and oxygen atoms in total. The number of anilines is 1. The second-order valence-corrected chi connectivity index (χ2v) is 8.13. The Hall–Kier alpha value is -2.49. The molecule has 9 heteroatoms. The minimum atomic E-state index is -3.54. The molecule has 26 heavy (non-hydrogen) atoms. The third-order valence-electron chi connectivity index (χ3n) is 3.58. The first kappa shape index (κ1) is 18.3. The van der Waals surface area contributed by atoms with Crippen LogP contribution in [0.1, 0.15) is 17.3 Å². The van der Waals surface area contributed by atoms with Crippen LogP contribution < -0.4 is 14.8 Å². The van der Waals surface area contributed by atoms with Gasteiger partial charge in [-0.3, -0.25) is 10.1 Å². The van der Waals surface area contributed by atoms with E-state index in [0.29, 0.717) is 17.2 Å². The van der Waals surface area contributed by atoms with Gasteiger partial charge in [-0.2, -0.15) is 0 Å². The van der Waals surface area contributed by atoms with Crippen molar-refractivity contribution in [2.24, 2.45) is 0 Å². The van der Waals surface area contributed by atoms with Crippen LogP contribution >= 0.6 is 11.3 Å². The Morgan fingerprint density at radius 2 is 1.92 bits per heavy atom. The number of methoxy groups -OCH3 is 1. The molecule has 136 valence electrons. The van der Waals surface area contributed by atoms with E-state index in [1.807, 2.05) is 12.1 Å². The number of hydrogen-bond acceptors (Lipinski definition) is 6. The Morgan fingerprint density at radius 1 is 1.19 bits per heavy atom. The van der Waals surface area contributed by atoms with Crippen molar-refractivity contribution in [3.8, 4) is 5.75 Å². The highest BCUT2D eigenvalue weighted by atomic mass is 32.2. The van der Waals surface area contributed by atoms with Crippen LogP contribution in [-0.2, 0) is 10.0 Å². The van der Waals surface area contributed by atoms with E-state index in [1.54, 1.807) is 20.1 Å². The van der Waals surface area contributed by atoms with Crippen LogP contribution in [0.15, 0.2) is 47.4 Å². The summed E-state index contributed by atoms with van der Waals surface area (Å²) in [6.07, 6.45) is 0. The molecule has 3 rings (SSSR count). The second kappa shape index (κ2) is 7.40. The number of carbonyl (C=O) groups excluding carboxylic acids is 1. The minimum absolute atomic E-state index is 0.114. The molecule has 0 fully saturated rings. The highest BCUT2D eigenvalue weighted by Crippen LogP contribution is 2.29. The molecule has 1 aromatic heterocycles. The number of nitrogens with zero attached hydrogens (tertiary/aromatic N) is 1. The Morgan fingerprint density at radius 3 is 2.58 bits per heavy atom. The van der Waals surface area contributed by atoms with E-state index in [1.165, 1.54) is 35.6 Å². The van der Waals surface area contributed by atoms with E-state index < -0.39 is 10.0 Å². The van der Waals surface area contributed by atoms with Crippen LogP contribution in [0.4, 0.5) is 5.13 Å². The van der Waals surface area contributed by atoms with Gasteiger partial charge in [0.15, 0.2) is 5.13 Å². The molecule has 2 N–H and O–H groups in total. The molecule has 2 aromatic carbocycles. The molecule has 0 saturated carbocycles. The maximum Gasteiger partial charge on any atom is 0.257 e. The van der Waals surface area contributed by atoms with Gasteiger partial charge in [0, 0.05) is 12.1 Å². The summed E-state index contributed by atoms with van der Waals surface area (Å²) in [6, 6.07) is 11.2. The Labute approximate surface area is 155 Å². The van der Waals surface area contributed by atoms with Crippen LogP contribution in [0.25, 0.3) is 10.2 Å². The van der Waals surface area contributed by atoms with E-state index in [2.05, 4.69) is 15.0 Å². The summed E-state index contributed by atoms with van der Waals surface area (Å²) in [4.78, 5) is 16.8. The Balaban J connectivity index is 1.77. The fourth-order valence-corrected chi connectivity index (χ4v) is 4.24. The van der Waals surface area contributed by atoms with Gasteiger partial charge in [-0.25, -0.2) is 18.1 Å². The normalized spacial score (nSPS) is 11.5. The van der Waals surface area contributed by atoms with Crippen LogP contribution in [0.3, 0.4) is 0 Å². The van der Waals surface area contributed by atoms with Crippen molar-refractivity contribution in [1.82, 2.24) is 9.71 Å². The van der Waals surface area contributed by atoms with Crippen molar-refractivity contribution in [2.45, 2.75) is 11.8 Å². The molecule has 1 heterocycles. The van der Waals surface area contributed by atoms with Gasteiger partial charge in [-0.1, -0.05) is 18.3 Å². The standard InChI is InChI=1S/C17H17N3O4S2/c1-3-18-26(22,23)13-7-4-11(5-8-13)16(21)20-17-19-14-9-6-12(24-2)10-15(14)25-17/h4-10,18H,3H2,1-2H3,(H,19,20,21). The number of aromatic nitrogens is 1. The molecule has 0 saturated heterocycles. The van der Waals surface area contributed by atoms with Gasteiger partial charge in [0.05, 0.1) is 22.2 Å². The fourth-order valence-electron chi connectivity index (χ4n) is 2.31. The number of sulfonamides is 1. The number of rotatable bonds is 6. The third kappa shape index (κ3) is 3.85. The van der Waals surface area contributed by atoms with Gasteiger partial charge >= 0.3 is 0 Å². The molecule has 0 atom stereocenters. The van der Waals surface area contributed by atoms with Crippen molar-refractivity contribution in [1.29, 1.82) is 0 Å². The first-order valence-corrected chi connectivity index (χ1v) is 10.1. The van der Waals surface area contributed by atoms with E-state index in [4.69, 9.17) is 4.74 Å². The van der Waals surface area contributed by atoms with Crippen molar-refractivity contribution in [3.63, 3.8) is 0 Å². The number of hydrogen-bond donors (Lipinski definition) is 2. The molecule has 0 aliphatic heterocycles. The third-order valence-corrected chi connectivity index (χ3v) is 6.07. The van der Waals surface area contributed by atoms with Gasteiger partial charge in [0.2, 0.25) is 10.0 Å². The number of amides is 1. The number of ether oxygens (including phenoxy) is 1. The first-order chi connectivity index (χ1) is 12.4. The number of fused-ring (bicyclic) bond motifs is 1. The molecular weight excluding hydrogens is 374 g/mol. The van der Waals surface area contributed by atoms with Crippen LogP contribution in [-0.4, -0.2) is 33.0 Å². The minimum Gasteiger partial charge on any atom is -0.497 e. The van der Waals surface area contributed by atoms with Gasteiger partial charge in [0.25, 0.3) is 5.91 Å². The van der Waals surface area contributed by atoms with Gasteiger partial charge in [0.1, 0.15) is 5.75 Å². The summed E-state index contributed by atoms with van der Waals surface area (Å²) in [5.41, 5.74) is 1.11. The summed E-state index contributed by atoms with van der Waals surface area (Å²) < 4.78 is 32.3. The predicted octanol–water partition coefficient (Wildman–Crippen LogP) is 2.86. The number of nitrogens with one attached hydrogen (secondary N) is 2.